The van der Waals surface area contributed by atoms with Crippen LogP contribution in [-0.4, -0.2) is 21.0 Å². The van der Waals surface area contributed by atoms with Gasteiger partial charge in [-0.3, -0.25) is 0 Å². The van der Waals surface area contributed by atoms with E-state index in [2.05, 4.69) is 21.4 Å². The predicted octanol–water partition coefficient (Wildman–Crippen LogP) is 2.54. The van der Waals surface area contributed by atoms with Gasteiger partial charge in [-0.15, -0.1) is 0 Å². The first-order valence-corrected chi connectivity index (χ1v) is 5.46. The Morgan fingerprint density at radius 1 is 1.22 bits per heavy atom. The Kier molecular flexibility index (Phi) is 3.23. The third kappa shape index (κ3) is 2.82. The zero-order valence-corrected chi connectivity index (χ0v) is 10.1. The van der Waals surface area contributed by atoms with Crippen LogP contribution in [-0.2, 0) is 0 Å². The second-order valence-electron chi connectivity index (χ2n) is 4.07. The summed E-state index contributed by atoms with van der Waals surface area (Å²) in [6.45, 7) is 3.99. The zero-order valence-electron chi connectivity index (χ0n) is 10.1. The number of hydrogen-bond acceptors (Lipinski definition) is 4. The fourth-order valence-corrected chi connectivity index (χ4v) is 1.71. The van der Waals surface area contributed by atoms with Gasteiger partial charge in [0.25, 0.3) is 0 Å². The van der Waals surface area contributed by atoms with E-state index in [9.17, 15) is 4.79 Å². The Labute approximate surface area is 105 Å². The molecular formula is C13H13N3O2. The number of nitrogens with one attached hydrogen (secondary N) is 1. The number of carboxylic acids is 1. The van der Waals surface area contributed by atoms with Crippen molar-refractivity contribution in [1.29, 1.82) is 0 Å². The van der Waals surface area contributed by atoms with Crippen LogP contribution >= 0.6 is 0 Å². The van der Waals surface area contributed by atoms with Gasteiger partial charge in [0.2, 0.25) is 5.95 Å². The second-order valence-corrected chi connectivity index (χ2v) is 4.07. The smallest absolute Gasteiger partial charge is 0.354 e. The molecule has 1 aromatic carbocycles. The van der Waals surface area contributed by atoms with Crippen molar-refractivity contribution in [1.82, 2.24) is 9.97 Å². The van der Waals surface area contributed by atoms with Gasteiger partial charge in [0.15, 0.2) is 5.69 Å². The van der Waals surface area contributed by atoms with Gasteiger partial charge in [0.05, 0.1) is 0 Å². The lowest BCUT2D eigenvalue weighted by Gasteiger charge is -2.07. The van der Waals surface area contributed by atoms with Crippen molar-refractivity contribution >= 4 is 17.6 Å². The van der Waals surface area contributed by atoms with Crippen LogP contribution in [0.15, 0.2) is 30.5 Å². The summed E-state index contributed by atoms with van der Waals surface area (Å²) in [7, 11) is 0. The van der Waals surface area contributed by atoms with Crippen molar-refractivity contribution in [3.8, 4) is 0 Å². The molecule has 0 saturated heterocycles. The van der Waals surface area contributed by atoms with Gasteiger partial charge in [-0.1, -0.05) is 6.07 Å². The molecule has 0 radical (unpaired) electrons. The summed E-state index contributed by atoms with van der Waals surface area (Å²) < 4.78 is 0. The molecule has 92 valence electrons. The maximum atomic E-state index is 10.8. The Balaban J connectivity index is 2.28. The molecule has 0 spiro atoms. The van der Waals surface area contributed by atoms with E-state index in [0.717, 1.165) is 16.8 Å². The number of nitrogens with zero attached hydrogens (tertiary/aromatic N) is 2. The largest absolute Gasteiger partial charge is 0.477 e. The minimum atomic E-state index is -1.07. The van der Waals surface area contributed by atoms with Gasteiger partial charge in [0.1, 0.15) is 0 Å². The molecular weight excluding hydrogens is 230 g/mol. The summed E-state index contributed by atoms with van der Waals surface area (Å²) in [5.74, 6) is -0.791. The normalized spacial score (nSPS) is 10.1. The number of aromatic nitrogens is 2. The summed E-state index contributed by atoms with van der Waals surface area (Å²) in [6.07, 6.45) is 1.42. The Morgan fingerprint density at radius 3 is 2.50 bits per heavy atom. The molecule has 2 aromatic rings. The quantitative estimate of drug-likeness (QED) is 0.866. The molecule has 2 N–H and O–H groups in total. The molecule has 1 heterocycles. The van der Waals surface area contributed by atoms with Crippen molar-refractivity contribution in [3.05, 3.63) is 47.3 Å². The standard InChI is InChI=1S/C13H13N3O2/c1-8-5-9(2)7-10(6-8)15-13-14-4-3-11(16-13)12(17)18/h3-7H,1-2H3,(H,17,18)(H,14,15,16). The third-order valence-corrected chi connectivity index (χ3v) is 2.35. The molecule has 0 bridgehead atoms. The molecule has 0 fully saturated rings. The van der Waals surface area contributed by atoms with E-state index in [0.29, 0.717) is 0 Å². The van der Waals surface area contributed by atoms with Gasteiger partial charge in [-0.05, 0) is 43.2 Å². The van der Waals surface area contributed by atoms with Crippen molar-refractivity contribution in [3.63, 3.8) is 0 Å². The molecule has 0 aliphatic rings. The van der Waals surface area contributed by atoms with Crippen molar-refractivity contribution in [2.24, 2.45) is 0 Å². The highest BCUT2D eigenvalue weighted by Crippen LogP contribution is 2.17. The van der Waals surface area contributed by atoms with Gasteiger partial charge in [-0.2, -0.15) is 0 Å². The molecule has 0 saturated carbocycles. The number of anilines is 2. The molecule has 18 heavy (non-hydrogen) atoms. The topological polar surface area (TPSA) is 75.1 Å². The zero-order chi connectivity index (χ0) is 13.1. The predicted molar refractivity (Wildman–Crippen MR) is 68.2 cm³/mol. The van der Waals surface area contributed by atoms with Crippen molar-refractivity contribution < 1.29 is 9.90 Å². The Morgan fingerprint density at radius 2 is 1.89 bits per heavy atom. The highest BCUT2D eigenvalue weighted by molar-refractivity contribution is 5.85. The number of carbonyl (C=O) groups is 1. The molecule has 0 amide bonds. The summed E-state index contributed by atoms with van der Waals surface area (Å²) in [5.41, 5.74) is 3.05. The minimum absolute atomic E-state index is 0.0307. The third-order valence-electron chi connectivity index (χ3n) is 2.35. The van der Waals surface area contributed by atoms with Gasteiger partial charge in [-0.25, -0.2) is 14.8 Å². The molecule has 0 unspecified atom stereocenters. The summed E-state index contributed by atoms with van der Waals surface area (Å²) in [4.78, 5) is 18.7. The van der Waals surface area contributed by atoms with Crippen LogP contribution in [0.4, 0.5) is 11.6 Å². The van der Waals surface area contributed by atoms with Gasteiger partial charge in [0, 0.05) is 11.9 Å². The molecule has 2 rings (SSSR count). The Hall–Kier alpha value is -2.43. The van der Waals surface area contributed by atoms with E-state index in [1.165, 1.54) is 12.3 Å². The van der Waals surface area contributed by atoms with Crippen molar-refractivity contribution in [2.45, 2.75) is 13.8 Å². The highest BCUT2D eigenvalue weighted by atomic mass is 16.4. The number of rotatable bonds is 3. The maximum absolute atomic E-state index is 10.8. The SMILES string of the molecule is Cc1cc(C)cc(Nc2nccc(C(=O)O)n2)c1. The maximum Gasteiger partial charge on any atom is 0.354 e. The monoisotopic (exact) mass is 243 g/mol. The first-order valence-electron chi connectivity index (χ1n) is 5.46. The molecule has 0 aliphatic carbocycles. The molecule has 0 atom stereocenters. The van der Waals surface area contributed by atoms with Crippen LogP contribution in [0.5, 0.6) is 0 Å². The van der Waals surface area contributed by atoms with E-state index in [4.69, 9.17) is 5.11 Å². The van der Waals surface area contributed by atoms with Crippen molar-refractivity contribution in [2.75, 3.05) is 5.32 Å². The first kappa shape index (κ1) is 12.0. The van der Waals surface area contributed by atoms with E-state index in [1.807, 2.05) is 26.0 Å². The summed E-state index contributed by atoms with van der Waals surface area (Å²) in [5, 5.41) is 11.8. The number of hydrogen-bond donors (Lipinski definition) is 2. The molecule has 0 aliphatic heterocycles. The number of aryl methyl sites for hydroxylation is 2. The fourth-order valence-electron chi connectivity index (χ4n) is 1.71. The molecule has 1 aromatic heterocycles. The van der Waals surface area contributed by atoms with E-state index >= 15 is 0 Å². The average molecular weight is 243 g/mol. The first-order chi connectivity index (χ1) is 8.54. The van der Waals surface area contributed by atoms with E-state index in [-0.39, 0.29) is 11.6 Å². The highest BCUT2D eigenvalue weighted by Gasteiger charge is 2.06. The lowest BCUT2D eigenvalue weighted by atomic mass is 10.1. The van der Waals surface area contributed by atoms with Crippen LogP contribution in [0, 0.1) is 13.8 Å². The Bertz CT molecular complexity index is 576. The number of benzene rings is 1. The summed E-state index contributed by atoms with van der Waals surface area (Å²) in [6, 6.07) is 7.31. The lowest BCUT2D eigenvalue weighted by molar-refractivity contribution is 0.0690. The van der Waals surface area contributed by atoms with E-state index in [1.54, 1.807) is 0 Å². The lowest BCUT2D eigenvalue weighted by Crippen LogP contribution is -2.04. The second kappa shape index (κ2) is 4.83. The van der Waals surface area contributed by atoms with Gasteiger partial charge < -0.3 is 10.4 Å². The van der Waals surface area contributed by atoms with Crippen LogP contribution < -0.4 is 5.32 Å². The van der Waals surface area contributed by atoms with Crippen LogP contribution in [0.1, 0.15) is 21.6 Å². The number of carboxylic acid groups (broad SMARTS) is 1. The average Bonchev–Trinajstić information content (AvgIpc) is 2.27. The van der Waals surface area contributed by atoms with Gasteiger partial charge >= 0.3 is 5.97 Å². The molecule has 5 nitrogen and oxygen atoms in total. The van der Waals surface area contributed by atoms with Crippen LogP contribution in [0.2, 0.25) is 0 Å². The van der Waals surface area contributed by atoms with Crippen LogP contribution in [0.25, 0.3) is 0 Å². The number of aromatic carboxylic acids is 1. The van der Waals surface area contributed by atoms with Crippen LogP contribution in [0.3, 0.4) is 0 Å². The minimum Gasteiger partial charge on any atom is -0.477 e. The fraction of sp³-hybridized carbons (Fsp3) is 0.154. The summed E-state index contributed by atoms with van der Waals surface area (Å²) >= 11 is 0. The molecule has 5 heteroatoms. The van der Waals surface area contributed by atoms with E-state index < -0.39 is 5.97 Å².